The van der Waals surface area contributed by atoms with Gasteiger partial charge in [-0.3, -0.25) is 14.9 Å². The Kier molecular flexibility index (Phi) is 4.56. The molecule has 0 unspecified atom stereocenters. The summed E-state index contributed by atoms with van der Waals surface area (Å²) in [6.45, 7) is 4.30. The maximum Gasteiger partial charge on any atom is 0.335 e. The number of barbiturate groups is 1. The Balaban J connectivity index is 1.80. The summed E-state index contributed by atoms with van der Waals surface area (Å²) in [6.07, 6.45) is 5.03. The molecule has 1 aliphatic heterocycles. The van der Waals surface area contributed by atoms with Gasteiger partial charge in [-0.05, 0) is 36.4 Å². The van der Waals surface area contributed by atoms with Crippen LogP contribution in [-0.4, -0.2) is 22.4 Å². The van der Waals surface area contributed by atoms with E-state index in [1.807, 2.05) is 35.0 Å². The Hall–Kier alpha value is -4.00. The number of fused-ring (bicyclic) bond motifs is 1. The number of urea groups is 1. The van der Waals surface area contributed by atoms with Crippen LogP contribution in [0.15, 0.2) is 73.0 Å². The minimum Gasteiger partial charge on any atom is -0.343 e. The fourth-order valence-electron chi connectivity index (χ4n) is 3.32. The number of halogens is 1. The van der Waals surface area contributed by atoms with Crippen molar-refractivity contribution in [1.82, 2.24) is 9.88 Å². The minimum atomic E-state index is -0.877. The Labute approximate surface area is 165 Å². The largest absolute Gasteiger partial charge is 0.343 e. The predicted molar refractivity (Wildman–Crippen MR) is 108 cm³/mol. The Morgan fingerprint density at radius 2 is 1.76 bits per heavy atom. The number of allylic oxidation sites excluding steroid dienone is 1. The average Bonchev–Trinajstić information content (AvgIpc) is 3.04. The lowest BCUT2D eigenvalue weighted by Crippen LogP contribution is -2.54. The van der Waals surface area contributed by atoms with Crippen molar-refractivity contribution in [3.05, 3.63) is 84.3 Å². The third-order valence-electron chi connectivity index (χ3n) is 4.63. The molecule has 1 fully saturated rings. The van der Waals surface area contributed by atoms with Crippen molar-refractivity contribution in [2.75, 3.05) is 4.90 Å². The van der Waals surface area contributed by atoms with Crippen molar-refractivity contribution in [2.45, 2.75) is 6.54 Å². The summed E-state index contributed by atoms with van der Waals surface area (Å²) in [4.78, 5) is 38.4. The van der Waals surface area contributed by atoms with E-state index in [2.05, 4.69) is 11.9 Å². The highest BCUT2D eigenvalue weighted by atomic mass is 19.1. The van der Waals surface area contributed by atoms with Gasteiger partial charge < -0.3 is 4.57 Å². The number of hydrogen-bond acceptors (Lipinski definition) is 3. The van der Waals surface area contributed by atoms with Crippen LogP contribution in [0.3, 0.4) is 0 Å². The third-order valence-corrected chi connectivity index (χ3v) is 4.63. The first-order valence-corrected chi connectivity index (χ1v) is 8.85. The number of anilines is 1. The van der Waals surface area contributed by atoms with Crippen LogP contribution in [0.4, 0.5) is 14.9 Å². The zero-order chi connectivity index (χ0) is 20.5. The maximum atomic E-state index is 13.2. The summed E-state index contributed by atoms with van der Waals surface area (Å²) in [5, 5.41) is 3.02. The van der Waals surface area contributed by atoms with Crippen LogP contribution >= 0.6 is 0 Å². The first kappa shape index (κ1) is 18.4. The average molecular weight is 389 g/mol. The number of nitrogens with one attached hydrogen (secondary N) is 1. The van der Waals surface area contributed by atoms with E-state index in [9.17, 15) is 18.8 Å². The molecule has 6 nitrogen and oxygen atoms in total. The molecule has 144 valence electrons. The number of rotatable bonds is 4. The smallest absolute Gasteiger partial charge is 0.335 e. The Morgan fingerprint density at radius 3 is 2.48 bits per heavy atom. The quantitative estimate of drug-likeness (QED) is 0.421. The van der Waals surface area contributed by atoms with Crippen LogP contribution in [0.1, 0.15) is 5.56 Å². The molecular formula is C22H16FN3O3. The molecule has 1 aliphatic rings. The van der Waals surface area contributed by atoms with Crippen LogP contribution < -0.4 is 10.2 Å². The molecule has 4 rings (SSSR count). The molecule has 29 heavy (non-hydrogen) atoms. The van der Waals surface area contributed by atoms with E-state index in [0.29, 0.717) is 12.1 Å². The van der Waals surface area contributed by atoms with Gasteiger partial charge in [-0.15, -0.1) is 6.58 Å². The molecule has 7 heteroatoms. The highest BCUT2D eigenvalue weighted by molar-refractivity contribution is 6.39. The lowest BCUT2D eigenvalue weighted by Gasteiger charge is -2.26. The van der Waals surface area contributed by atoms with Gasteiger partial charge in [0.15, 0.2) is 0 Å². The summed E-state index contributed by atoms with van der Waals surface area (Å²) in [6, 6.07) is 11.6. The van der Waals surface area contributed by atoms with Crippen molar-refractivity contribution in [1.29, 1.82) is 0 Å². The van der Waals surface area contributed by atoms with E-state index in [1.54, 1.807) is 6.08 Å². The normalized spacial score (nSPS) is 15.8. The van der Waals surface area contributed by atoms with Gasteiger partial charge in [0, 0.05) is 29.2 Å². The van der Waals surface area contributed by atoms with Crippen LogP contribution in [-0.2, 0) is 16.1 Å². The molecule has 1 N–H and O–H groups in total. The predicted octanol–water partition coefficient (Wildman–Crippen LogP) is 3.63. The van der Waals surface area contributed by atoms with E-state index in [0.717, 1.165) is 27.9 Å². The monoisotopic (exact) mass is 389 g/mol. The van der Waals surface area contributed by atoms with E-state index < -0.39 is 23.7 Å². The highest BCUT2D eigenvalue weighted by Gasteiger charge is 2.37. The van der Waals surface area contributed by atoms with E-state index in [4.69, 9.17) is 0 Å². The topological polar surface area (TPSA) is 71.4 Å². The molecule has 1 saturated heterocycles. The first-order chi connectivity index (χ1) is 14.0. The summed E-state index contributed by atoms with van der Waals surface area (Å²) in [5.74, 6) is -2.05. The number of aromatic nitrogens is 1. The summed E-state index contributed by atoms with van der Waals surface area (Å²) < 4.78 is 15.2. The Morgan fingerprint density at radius 1 is 1.03 bits per heavy atom. The number of amides is 4. The molecular weight excluding hydrogens is 373 g/mol. The number of imide groups is 2. The number of hydrogen-bond donors (Lipinski definition) is 1. The van der Waals surface area contributed by atoms with Crippen molar-refractivity contribution in [3.8, 4) is 0 Å². The molecule has 0 atom stereocenters. The van der Waals surface area contributed by atoms with Gasteiger partial charge in [0.1, 0.15) is 11.4 Å². The van der Waals surface area contributed by atoms with Gasteiger partial charge in [-0.25, -0.2) is 14.1 Å². The maximum absolute atomic E-state index is 13.2. The van der Waals surface area contributed by atoms with E-state index in [-0.39, 0.29) is 11.3 Å². The zero-order valence-corrected chi connectivity index (χ0v) is 15.3. The van der Waals surface area contributed by atoms with Crippen LogP contribution in [0.5, 0.6) is 0 Å². The summed E-state index contributed by atoms with van der Waals surface area (Å²) in [7, 11) is 0. The SMILES string of the molecule is C=CCn1cc(C=C2C(=O)NC(=O)N(c3ccc(F)cc3)C2=O)c2ccccc21. The van der Waals surface area contributed by atoms with Gasteiger partial charge in [0.25, 0.3) is 11.8 Å². The second-order valence-electron chi connectivity index (χ2n) is 6.48. The summed E-state index contributed by atoms with van der Waals surface area (Å²) in [5.41, 5.74) is 1.57. The van der Waals surface area contributed by atoms with Crippen molar-refractivity contribution in [2.24, 2.45) is 0 Å². The number of carbonyl (C=O) groups is 3. The lowest BCUT2D eigenvalue weighted by atomic mass is 10.1. The van der Waals surface area contributed by atoms with Crippen LogP contribution in [0.2, 0.25) is 0 Å². The van der Waals surface area contributed by atoms with Gasteiger partial charge >= 0.3 is 6.03 Å². The molecule has 0 radical (unpaired) electrons. The van der Waals surface area contributed by atoms with Gasteiger partial charge in [0.2, 0.25) is 0 Å². The molecule has 3 aromatic rings. The number of carbonyl (C=O) groups excluding carboxylic acids is 3. The third kappa shape index (κ3) is 3.23. The van der Waals surface area contributed by atoms with Gasteiger partial charge in [-0.2, -0.15) is 0 Å². The molecule has 0 saturated carbocycles. The molecule has 0 aliphatic carbocycles. The van der Waals surface area contributed by atoms with E-state index in [1.165, 1.54) is 18.2 Å². The second kappa shape index (κ2) is 7.20. The molecule has 0 bridgehead atoms. The molecule has 4 amide bonds. The van der Waals surface area contributed by atoms with Crippen molar-refractivity contribution in [3.63, 3.8) is 0 Å². The first-order valence-electron chi connectivity index (χ1n) is 8.85. The molecule has 1 aromatic heterocycles. The van der Waals surface area contributed by atoms with Gasteiger partial charge in [0.05, 0.1) is 5.69 Å². The second-order valence-corrected chi connectivity index (χ2v) is 6.48. The number of nitrogens with zero attached hydrogens (tertiary/aromatic N) is 2. The highest BCUT2D eigenvalue weighted by Crippen LogP contribution is 2.26. The van der Waals surface area contributed by atoms with Crippen molar-refractivity contribution < 1.29 is 18.8 Å². The Bertz CT molecular complexity index is 1190. The minimum absolute atomic E-state index is 0.168. The fourth-order valence-corrected chi connectivity index (χ4v) is 3.32. The van der Waals surface area contributed by atoms with Crippen LogP contribution in [0, 0.1) is 5.82 Å². The lowest BCUT2D eigenvalue weighted by molar-refractivity contribution is -0.122. The van der Waals surface area contributed by atoms with E-state index >= 15 is 0 Å². The fraction of sp³-hybridized carbons (Fsp3) is 0.0455. The zero-order valence-electron chi connectivity index (χ0n) is 15.3. The molecule has 2 aromatic carbocycles. The van der Waals surface area contributed by atoms with Gasteiger partial charge in [-0.1, -0.05) is 24.3 Å². The van der Waals surface area contributed by atoms with Crippen LogP contribution in [0.25, 0.3) is 17.0 Å². The van der Waals surface area contributed by atoms with Crippen molar-refractivity contribution >= 4 is 40.5 Å². The number of para-hydroxylation sites is 1. The molecule has 2 heterocycles. The summed E-state index contributed by atoms with van der Waals surface area (Å²) >= 11 is 0. The standard InChI is InChI=1S/C22H16FN3O3/c1-2-11-25-13-14(17-5-3-4-6-19(17)25)12-18-20(27)24-22(29)26(21(18)28)16-9-7-15(23)8-10-16/h2-10,12-13H,1,11H2,(H,24,27,29). The molecule has 0 spiro atoms. The number of benzene rings is 2.